The van der Waals surface area contributed by atoms with Crippen molar-refractivity contribution in [2.45, 2.75) is 4.90 Å². The second kappa shape index (κ2) is 4.43. The summed E-state index contributed by atoms with van der Waals surface area (Å²) in [4.78, 5) is 11.9. The van der Waals surface area contributed by atoms with E-state index in [0.717, 1.165) is 16.7 Å². The molecule has 0 spiro atoms. The van der Waals surface area contributed by atoms with E-state index in [1.165, 1.54) is 17.6 Å². The molecule has 1 aromatic carbocycles. The molecule has 1 heterocycles. The maximum Gasteiger partial charge on any atom is 0.175 e. The zero-order valence-corrected chi connectivity index (χ0v) is 10.7. The average molecular weight is 266 g/mol. The van der Waals surface area contributed by atoms with Gasteiger partial charge in [-0.15, -0.1) is 11.3 Å². The molecule has 17 heavy (non-hydrogen) atoms. The lowest BCUT2D eigenvalue weighted by Gasteiger charge is -2.02. The van der Waals surface area contributed by atoms with Gasteiger partial charge in [0.2, 0.25) is 0 Å². The van der Waals surface area contributed by atoms with Gasteiger partial charge >= 0.3 is 0 Å². The third-order valence-corrected chi connectivity index (χ3v) is 4.44. The summed E-state index contributed by atoms with van der Waals surface area (Å²) in [5, 5.41) is 1.81. The van der Waals surface area contributed by atoms with E-state index in [2.05, 4.69) is 0 Å². The van der Waals surface area contributed by atoms with E-state index in [1.807, 2.05) is 5.38 Å². The molecule has 2 aromatic rings. The van der Waals surface area contributed by atoms with E-state index >= 15 is 0 Å². The fourth-order valence-electron chi connectivity index (χ4n) is 1.51. The minimum absolute atomic E-state index is 0.264. The van der Waals surface area contributed by atoms with E-state index in [1.54, 1.807) is 30.3 Å². The van der Waals surface area contributed by atoms with Crippen molar-refractivity contribution < 1.29 is 13.2 Å². The van der Waals surface area contributed by atoms with Crippen LogP contribution in [-0.4, -0.2) is 21.0 Å². The van der Waals surface area contributed by atoms with Gasteiger partial charge in [-0.3, -0.25) is 4.79 Å². The summed E-state index contributed by atoms with van der Waals surface area (Å²) in [5.74, 6) is 0. The van der Waals surface area contributed by atoms with Crippen LogP contribution in [0.2, 0.25) is 0 Å². The highest BCUT2D eigenvalue weighted by Crippen LogP contribution is 2.29. The normalized spacial score (nSPS) is 11.4. The zero-order chi connectivity index (χ0) is 12.5. The van der Waals surface area contributed by atoms with Crippen molar-refractivity contribution in [1.82, 2.24) is 0 Å². The van der Waals surface area contributed by atoms with Gasteiger partial charge in [0, 0.05) is 16.7 Å². The summed E-state index contributed by atoms with van der Waals surface area (Å²) in [7, 11) is -3.22. The van der Waals surface area contributed by atoms with Crippen LogP contribution in [0.4, 0.5) is 0 Å². The lowest BCUT2D eigenvalue weighted by atomic mass is 10.1. The first kappa shape index (κ1) is 12.0. The molecule has 0 radical (unpaired) electrons. The van der Waals surface area contributed by atoms with Crippen molar-refractivity contribution >= 4 is 27.5 Å². The molecule has 88 valence electrons. The Morgan fingerprint density at radius 1 is 1.24 bits per heavy atom. The van der Waals surface area contributed by atoms with Crippen LogP contribution in [0.15, 0.2) is 40.6 Å². The first-order valence-corrected chi connectivity index (χ1v) is 7.62. The molecule has 0 unspecified atom stereocenters. The molecular formula is C12H10O3S2. The molecule has 0 fully saturated rings. The van der Waals surface area contributed by atoms with E-state index in [0.29, 0.717) is 5.56 Å². The van der Waals surface area contributed by atoms with Gasteiger partial charge in [0.05, 0.1) is 4.90 Å². The van der Waals surface area contributed by atoms with Crippen LogP contribution in [0.1, 0.15) is 10.4 Å². The summed E-state index contributed by atoms with van der Waals surface area (Å²) in [6.07, 6.45) is 1.94. The molecule has 0 aliphatic heterocycles. The summed E-state index contributed by atoms with van der Waals surface area (Å²) in [6, 6.07) is 8.34. The highest BCUT2D eigenvalue weighted by Gasteiger charge is 2.11. The second-order valence-electron chi connectivity index (χ2n) is 3.62. The predicted molar refractivity (Wildman–Crippen MR) is 68.3 cm³/mol. The van der Waals surface area contributed by atoms with E-state index in [4.69, 9.17) is 0 Å². The monoisotopic (exact) mass is 266 g/mol. The smallest absolute Gasteiger partial charge is 0.175 e. The third-order valence-electron chi connectivity index (χ3n) is 2.35. The third kappa shape index (κ3) is 2.45. The minimum atomic E-state index is -3.22. The van der Waals surface area contributed by atoms with Crippen LogP contribution >= 0.6 is 11.3 Å². The fraction of sp³-hybridized carbons (Fsp3) is 0.0833. The average Bonchev–Trinajstić information content (AvgIpc) is 2.76. The molecule has 2 rings (SSSR count). The van der Waals surface area contributed by atoms with Gasteiger partial charge in [-0.2, -0.15) is 0 Å². The number of thiophene rings is 1. The van der Waals surface area contributed by atoms with Crippen molar-refractivity contribution in [2.75, 3.05) is 6.26 Å². The first-order valence-electron chi connectivity index (χ1n) is 4.85. The molecular weight excluding hydrogens is 256 g/mol. The lowest BCUT2D eigenvalue weighted by molar-refractivity contribution is 0.112. The highest BCUT2D eigenvalue weighted by molar-refractivity contribution is 7.90. The van der Waals surface area contributed by atoms with Crippen LogP contribution in [0.5, 0.6) is 0 Å². The summed E-state index contributed by atoms with van der Waals surface area (Å²) in [5.41, 5.74) is 1.34. The zero-order valence-electron chi connectivity index (χ0n) is 9.08. The summed E-state index contributed by atoms with van der Waals surface area (Å²) in [6.45, 7) is 0. The van der Waals surface area contributed by atoms with Crippen molar-refractivity contribution in [1.29, 1.82) is 0 Å². The predicted octanol–water partition coefficient (Wildman–Crippen LogP) is 2.63. The Morgan fingerprint density at radius 2 is 2.00 bits per heavy atom. The van der Waals surface area contributed by atoms with Crippen molar-refractivity contribution in [3.05, 3.63) is 41.3 Å². The van der Waals surface area contributed by atoms with Crippen molar-refractivity contribution in [3.63, 3.8) is 0 Å². The Kier molecular flexibility index (Phi) is 3.13. The Labute approximate surface area is 104 Å². The number of hydrogen-bond donors (Lipinski definition) is 0. The number of hydrogen-bond acceptors (Lipinski definition) is 4. The second-order valence-corrected chi connectivity index (χ2v) is 6.55. The van der Waals surface area contributed by atoms with Gasteiger partial charge in [-0.1, -0.05) is 12.1 Å². The number of rotatable bonds is 3. The van der Waals surface area contributed by atoms with Crippen LogP contribution in [-0.2, 0) is 9.84 Å². The number of sulfone groups is 1. The van der Waals surface area contributed by atoms with Crippen LogP contribution in [0, 0.1) is 0 Å². The molecule has 0 amide bonds. The summed E-state index contributed by atoms with van der Waals surface area (Å²) < 4.78 is 22.9. The topological polar surface area (TPSA) is 51.2 Å². The molecule has 3 nitrogen and oxygen atoms in total. The molecule has 0 saturated heterocycles. The molecule has 0 atom stereocenters. The number of benzene rings is 1. The van der Waals surface area contributed by atoms with Gasteiger partial charge in [0.25, 0.3) is 0 Å². The van der Waals surface area contributed by atoms with E-state index in [-0.39, 0.29) is 4.90 Å². The SMILES string of the molecule is CS(=O)(=O)c1cccc(-c2sccc2C=O)c1. The first-order chi connectivity index (χ1) is 8.02. The van der Waals surface area contributed by atoms with Crippen molar-refractivity contribution in [3.8, 4) is 10.4 Å². The molecule has 0 bridgehead atoms. The molecule has 5 heteroatoms. The standard InChI is InChI=1S/C12H10O3S2/c1-17(14,15)11-4-2-3-9(7-11)12-10(8-13)5-6-16-12/h2-8H,1H3. The van der Waals surface area contributed by atoms with Gasteiger partial charge in [-0.05, 0) is 29.1 Å². The maximum absolute atomic E-state index is 11.4. The quantitative estimate of drug-likeness (QED) is 0.802. The Hall–Kier alpha value is -1.46. The minimum Gasteiger partial charge on any atom is -0.298 e. The maximum atomic E-state index is 11.4. The number of carbonyl (C=O) groups is 1. The highest BCUT2D eigenvalue weighted by atomic mass is 32.2. The van der Waals surface area contributed by atoms with Gasteiger partial charge in [0.1, 0.15) is 0 Å². The molecule has 0 aliphatic carbocycles. The van der Waals surface area contributed by atoms with Crippen LogP contribution in [0.3, 0.4) is 0 Å². The Balaban J connectivity index is 2.58. The molecule has 0 saturated carbocycles. The molecule has 0 aliphatic rings. The van der Waals surface area contributed by atoms with Gasteiger partial charge in [-0.25, -0.2) is 8.42 Å². The lowest BCUT2D eigenvalue weighted by Crippen LogP contribution is -1.96. The fourth-order valence-corrected chi connectivity index (χ4v) is 3.05. The van der Waals surface area contributed by atoms with E-state index in [9.17, 15) is 13.2 Å². The van der Waals surface area contributed by atoms with E-state index < -0.39 is 9.84 Å². The summed E-state index contributed by atoms with van der Waals surface area (Å²) >= 11 is 1.42. The number of aldehydes is 1. The van der Waals surface area contributed by atoms with Gasteiger partial charge in [0.15, 0.2) is 16.1 Å². The molecule has 0 N–H and O–H groups in total. The van der Waals surface area contributed by atoms with Crippen LogP contribution < -0.4 is 0 Å². The number of carbonyl (C=O) groups excluding carboxylic acids is 1. The molecule has 1 aromatic heterocycles. The van der Waals surface area contributed by atoms with Gasteiger partial charge < -0.3 is 0 Å². The largest absolute Gasteiger partial charge is 0.298 e. The van der Waals surface area contributed by atoms with Crippen LogP contribution in [0.25, 0.3) is 10.4 Å². The Morgan fingerprint density at radius 3 is 2.65 bits per heavy atom. The van der Waals surface area contributed by atoms with Crippen molar-refractivity contribution in [2.24, 2.45) is 0 Å². The Bertz CT molecular complexity index is 654.